The maximum Gasteiger partial charge on any atom is 0.216 e. The van der Waals surface area contributed by atoms with Crippen LogP contribution < -0.4 is 10.2 Å². The molecular weight excluding hydrogens is 316 g/mol. The van der Waals surface area contributed by atoms with Crippen molar-refractivity contribution in [1.82, 2.24) is 25.5 Å². The fourth-order valence-electron chi connectivity index (χ4n) is 2.99. The number of tetrazole rings is 1. The molecule has 25 heavy (non-hydrogen) atoms. The monoisotopic (exact) mass is 338 g/mol. The molecule has 0 unspecified atom stereocenters. The molecule has 0 spiro atoms. The average Bonchev–Trinajstić information content (AvgIpc) is 3.17. The van der Waals surface area contributed by atoms with E-state index in [4.69, 9.17) is 5.26 Å². The van der Waals surface area contributed by atoms with Crippen LogP contribution in [0.5, 0.6) is 0 Å². The summed E-state index contributed by atoms with van der Waals surface area (Å²) in [6.07, 6.45) is 3.96. The third-order valence-corrected chi connectivity index (χ3v) is 4.52. The van der Waals surface area contributed by atoms with E-state index >= 15 is 0 Å². The Bertz CT molecular complexity index is 734. The summed E-state index contributed by atoms with van der Waals surface area (Å²) >= 11 is 0. The number of hydrogen-bond acceptors (Lipinski definition) is 7. The molecule has 0 bridgehead atoms. The first-order chi connectivity index (χ1) is 12.2. The molecule has 0 saturated carbocycles. The number of benzene rings is 1. The molecule has 1 aliphatic rings. The van der Waals surface area contributed by atoms with Crippen LogP contribution >= 0.6 is 0 Å². The largest absolute Gasteiger partial charge is 0.371 e. The van der Waals surface area contributed by atoms with Crippen LogP contribution in [-0.2, 0) is 0 Å². The SMILES string of the molecule is CN(C)C1CCN(c2ccc(NC=C(C#N)c3nn[nH]n3)cc2)CC1. The fraction of sp³-hybridized carbons (Fsp3) is 0.412. The molecule has 2 heterocycles. The molecule has 1 saturated heterocycles. The normalized spacial score (nSPS) is 16.1. The molecule has 1 aromatic carbocycles. The summed E-state index contributed by atoms with van der Waals surface area (Å²) in [5.74, 6) is 0.274. The average molecular weight is 338 g/mol. The van der Waals surface area contributed by atoms with Gasteiger partial charge in [-0.2, -0.15) is 10.5 Å². The number of anilines is 2. The van der Waals surface area contributed by atoms with E-state index < -0.39 is 0 Å². The van der Waals surface area contributed by atoms with E-state index in [1.807, 2.05) is 12.1 Å². The van der Waals surface area contributed by atoms with Crippen molar-refractivity contribution in [2.24, 2.45) is 0 Å². The minimum absolute atomic E-state index is 0.274. The predicted octanol–water partition coefficient (Wildman–Crippen LogP) is 1.71. The third-order valence-electron chi connectivity index (χ3n) is 4.52. The van der Waals surface area contributed by atoms with Gasteiger partial charge in [-0.05, 0) is 56.4 Å². The van der Waals surface area contributed by atoms with Crippen molar-refractivity contribution in [3.05, 3.63) is 36.3 Å². The summed E-state index contributed by atoms with van der Waals surface area (Å²) in [6.45, 7) is 2.15. The van der Waals surface area contributed by atoms with E-state index in [9.17, 15) is 0 Å². The Kier molecular flexibility index (Phi) is 5.26. The standard InChI is InChI=1S/C17H22N8/c1-24(2)15-7-9-25(10-8-15)16-5-3-14(4-6-16)19-12-13(11-18)17-20-22-23-21-17/h3-6,12,15,19H,7-10H2,1-2H3,(H,20,21,22,23). The van der Waals surface area contributed by atoms with Gasteiger partial charge in [-0.25, -0.2) is 0 Å². The topological polar surface area (TPSA) is 96.8 Å². The molecule has 2 aromatic rings. The number of rotatable bonds is 5. The molecule has 3 rings (SSSR count). The highest BCUT2D eigenvalue weighted by Gasteiger charge is 2.20. The zero-order valence-electron chi connectivity index (χ0n) is 14.5. The van der Waals surface area contributed by atoms with Crippen LogP contribution in [0.3, 0.4) is 0 Å². The van der Waals surface area contributed by atoms with Gasteiger partial charge in [-0.1, -0.05) is 0 Å². The third kappa shape index (κ3) is 4.14. The second-order valence-corrected chi connectivity index (χ2v) is 6.28. The number of nitrogens with one attached hydrogen (secondary N) is 2. The van der Waals surface area contributed by atoms with E-state index in [2.05, 4.69) is 68.0 Å². The molecule has 130 valence electrons. The van der Waals surface area contributed by atoms with Crippen LogP contribution in [0.1, 0.15) is 18.7 Å². The van der Waals surface area contributed by atoms with E-state index in [0.717, 1.165) is 18.8 Å². The van der Waals surface area contributed by atoms with Crippen LogP contribution in [0.25, 0.3) is 5.57 Å². The zero-order chi connectivity index (χ0) is 17.6. The highest BCUT2D eigenvalue weighted by atomic mass is 15.5. The Morgan fingerprint density at radius 3 is 2.60 bits per heavy atom. The zero-order valence-corrected chi connectivity index (χ0v) is 14.5. The molecule has 8 heteroatoms. The summed E-state index contributed by atoms with van der Waals surface area (Å²) in [7, 11) is 4.30. The number of nitrogens with zero attached hydrogens (tertiary/aromatic N) is 6. The second kappa shape index (κ2) is 7.77. The van der Waals surface area contributed by atoms with Crippen LogP contribution in [-0.4, -0.2) is 58.8 Å². The van der Waals surface area contributed by atoms with Gasteiger partial charge in [0.2, 0.25) is 5.82 Å². The number of H-pyrrole nitrogens is 1. The van der Waals surface area contributed by atoms with Gasteiger partial charge in [0.1, 0.15) is 11.6 Å². The van der Waals surface area contributed by atoms with Gasteiger partial charge in [0, 0.05) is 36.7 Å². The van der Waals surface area contributed by atoms with Gasteiger partial charge in [0.15, 0.2) is 0 Å². The Hall–Kier alpha value is -2.92. The lowest BCUT2D eigenvalue weighted by atomic mass is 10.0. The summed E-state index contributed by atoms with van der Waals surface area (Å²) in [4.78, 5) is 4.73. The number of piperidine rings is 1. The Morgan fingerprint density at radius 1 is 1.32 bits per heavy atom. The molecule has 2 N–H and O–H groups in total. The Labute approximate surface area is 147 Å². The number of allylic oxidation sites excluding steroid dienone is 1. The van der Waals surface area contributed by atoms with Gasteiger partial charge >= 0.3 is 0 Å². The first-order valence-electron chi connectivity index (χ1n) is 8.29. The first kappa shape index (κ1) is 16.9. The van der Waals surface area contributed by atoms with Gasteiger partial charge in [-0.15, -0.1) is 10.2 Å². The number of nitriles is 1. The van der Waals surface area contributed by atoms with Gasteiger partial charge in [0.05, 0.1) is 0 Å². The van der Waals surface area contributed by atoms with E-state index in [1.54, 1.807) is 6.20 Å². The van der Waals surface area contributed by atoms with Gasteiger partial charge in [0.25, 0.3) is 0 Å². The van der Waals surface area contributed by atoms with Gasteiger partial charge in [-0.3, -0.25) is 0 Å². The van der Waals surface area contributed by atoms with Crippen molar-refractivity contribution >= 4 is 16.9 Å². The van der Waals surface area contributed by atoms with Crippen molar-refractivity contribution < 1.29 is 0 Å². The molecule has 0 aliphatic carbocycles. The fourth-order valence-corrected chi connectivity index (χ4v) is 2.99. The summed E-state index contributed by atoms with van der Waals surface area (Å²) < 4.78 is 0. The summed E-state index contributed by atoms with van der Waals surface area (Å²) in [5.41, 5.74) is 2.46. The number of aromatic nitrogens is 4. The Balaban J connectivity index is 1.60. The number of aromatic amines is 1. The number of hydrogen-bond donors (Lipinski definition) is 2. The summed E-state index contributed by atoms with van der Waals surface area (Å²) in [5, 5.41) is 25.7. The maximum atomic E-state index is 9.16. The first-order valence-corrected chi connectivity index (χ1v) is 8.29. The van der Waals surface area contributed by atoms with Crippen molar-refractivity contribution in [3.8, 4) is 6.07 Å². The lowest BCUT2D eigenvalue weighted by molar-refractivity contribution is 0.249. The van der Waals surface area contributed by atoms with Crippen LogP contribution in [0.15, 0.2) is 30.5 Å². The second-order valence-electron chi connectivity index (χ2n) is 6.28. The lowest BCUT2D eigenvalue weighted by Gasteiger charge is -2.36. The molecule has 1 aromatic heterocycles. The van der Waals surface area contributed by atoms with Crippen molar-refractivity contribution in [3.63, 3.8) is 0 Å². The van der Waals surface area contributed by atoms with Crippen molar-refractivity contribution in [2.45, 2.75) is 18.9 Å². The molecule has 1 aliphatic heterocycles. The molecular formula is C17H22N8. The summed E-state index contributed by atoms with van der Waals surface area (Å²) in [6, 6.07) is 11.0. The molecule has 8 nitrogen and oxygen atoms in total. The van der Waals surface area contributed by atoms with Crippen LogP contribution in [0.2, 0.25) is 0 Å². The van der Waals surface area contributed by atoms with Gasteiger partial charge < -0.3 is 15.1 Å². The molecule has 1 fully saturated rings. The van der Waals surface area contributed by atoms with Crippen molar-refractivity contribution in [2.75, 3.05) is 37.4 Å². The molecule has 0 radical (unpaired) electrons. The quantitative estimate of drug-likeness (QED) is 0.801. The minimum Gasteiger partial charge on any atom is -0.371 e. The van der Waals surface area contributed by atoms with Crippen LogP contribution in [0, 0.1) is 11.3 Å². The smallest absolute Gasteiger partial charge is 0.216 e. The molecule has 0 amide bonds. The minimum atomic E-state index is 0.274. The van der Waals surface area contributed by atoms with E-state index in [1.165, 1.54) is 18.5 Å². The highest BCUT2D eigenvalue weighted by molar-refractivity contribution is 5.74. The Morgan fingerprint density at radius 2 is 2.04 bits per heavy atom. The van der Waals surface area contributed by atoms with E-state index in [-0.39, 0.29) is 5.82 Å². The lowest BCUT2D eigenvalue weighted by Crippen LogP contribution is -2.41. The van der Waals surface area contributed by atoms with Crippen molar-refractivity contribution in [1.29, 1.82) is 5.26 Å². The molecule has 0 atom stereocenters. The maximum absolute atomic E-state index is 9.16. The predicted molar refractivity (Wildman–Crippen MR) is 96.8 cm³/mol. The van der Waals surface area contributed by atoms with E-state index in [0.29, 0.717) is 11.6 Å². The highest BCUT2D eigenvalue weighted by Crippen LogP contribution is 2.23. The van der Waals surface area contributed by atoms with Crippen LogP contribution in [0.4, 0.5) is 11.4 Å².